The van der Waals surface area contributed by atoms with Crippen molar-refractivity contribution >= 4 is 23.4 Å². The van der Waals surface area contributed by atoms with Crippen LogP contribution in [0.3, 0.4) is 0 Å². The van der Waals surface area contributed by atoms with Crippen LogP contribution in [0.25, 0.3) is 0 Å². The van der Waals surface area contributed by atoms with E-state index in [1.165, 1.54) is 0 Å². The van der Waals surface area contributed by atoms with Gasteiger partial charge in [-0.05, 0) is 18.8 Å². The molecule has 2 fully saturated rings. The molecule has 1 saturated heterocycles. The Morgan fingerprint density at radius 2 is 2.16 bits per heavy atom. The average molecular weight is 280 g/mol. The summed E-state index contributed by atoms with van der Waals surface area (Å²) >= 11 is 1.99. The molecule has 2 aliphatic rings. The van der Waals surface area contributed by atoms with Gasteiger partial charge in [0.15, 0.2) is 0 Å². The largest absolute Gasteiger partial charge is 0.391 e. The zero-order valence-corrected chi connectivity index (χ0v) is 11.8. The second-order valence-corrected chi connectivity index (χ2v) is 6.37. The lowest BCUT2D eigenvalue weighted by Crippen LogP contribution is -2.33. The summed E-state index contributed by atoms with van der Waals surface area (Å²) in [6, 6.07) is 1.98. The lowest BCUT2D eigenvalue weighted by atomic mass is 10.2. The van der Waals surface area contributed by atoms with Crippen LogP contribution in [0.2, 0.25) is 0 Å². The Balaban J connectivity index is 1.58. The van der Waals surface area contributed by atoms with Gasteiger partial charge in [0.2, 0.25) is 0 Å². The minimum atomic E-state index is -0.246. The maximum Gasteiger partial charge on any atom is 0.134 e. The SMILES string of the molecule is OC(CNc1cc(N2CCSCC2)ncn1)C1CC1. The van der Waals surface area contributed by atoms with Crippen LogP contribution < -0.4 is 10.2 Å². The van der Waals surface area contributed by atoms with E-state index in [4.69, 9.17) is 0 Å². The first-order chi connectivity index (χ1) is 9.33. The fourth-order valence-corrected chi connectivity index (χ4v) is 3.17. The number of nitrogens with zero attached hydrogens (tertiary/aromatic N) is 3. The van der Waals surface area contributed by atoms with Crippen molar-refractivity contribution in [2.45, 2.75) is 18.9 Å². The number of hydrogen-bond acceptors (Lipinski definition) is 6. The molecule has 0 aromatic carbocycles. The monoisotopic (exact) mass is 280 g/mol. The van der Waals surface area contributed by atoms with Gasteiger partial charge >= 0.3 is 0 Å². The highest BCUT2D eigenvalue weighted by Crippen LogP contribution is 2.32. The molecular weight excluding hydrogens is 260 g/mol. The van der Waals surface area contributed by atoms with Crippen molar-refractivity contribution in [2.75, 3.05) is 41.4 Å². The summed E-state index contributed by atoms with van der Waals surface area (Å²) in [7, 11) is 0. The van der Waals surface area contributed by atoms with Gasteiger partial charge < -0.3 is 15.3 Å². The number of aliphatic hydroxyl groups excluding tert-OH is 1. The van der Waals surface area contributed by atoms with Crippen LogP contribution >= 0.6 is 11.8 Å². The predicted molar refractivity (Wildman–Crippen MR) is 78.8 cm³/mol. The Morgan fingerprint density at radius 1 is 1.37 bits per heavy atom. The molecule has 0 radical (unpaired) electrons. The molecular formula is C13H20N4OS. The van der Waals surface area contributed by atoms with E-state index in [9.17, 15) is 5.11 Å². The van der Waals surface area contributed by atoms with Crippen LogP contribution in [0.4, 0.5) is 11.6 Å². The van der Waals surface area contributed by atoms with E-state index in [1.54, 1.807) is 6.33 Å². The Bertz CT molecular complexity index is 421. The standard InChI is InChI=1S/C13H20N4OS/c18-11(10-1-2-10)8-14-12-7-13(16-9-15-12)17-3-5-19-6-4-17/h7,9-11,18H,1-6,8H2,(H,14,15,16). The van der Waals surface area contributed by atoms with Gasteiger partial charge in [-0.1, -0.05) is 0 Å². The number of nitrogens with one attached hydrogen (secondary N) is 1. The maximum atomic E-state index is 9.85. The van der Waals surface area contributed by atoms with E-state index >= 15 is 0 Å². The van der Waals surface area contributed by atoms with Crippen LogP contribution in [-0.4, -0.2) is 52.3 Å². The Kier molecular flexibility index (Phi) is 4.08. The molecule has 104 valence electrons. The smallest absolute Gasteiger partial charge is 0.134 e. The van der Waals surface area contributed by atoms with E-state index < -0.39 is 0 Å². The number of aliphatic hydroxyl groups is 1. The minimum absolute atomic E-state index is 0.246. The van der Waals surface area contributed by atoms with Gasteiger partial charge in [-0.25, -0.2) is 9.97 Å². The van der Waals surface area contributed by atoms with E-state index in [1.807, 2.05) is 17.8 Å². The van der Waals surface area contributed by atoms with E-state index in [2.05, 4.69) is 20.2 Å². The fraction of sp³-hybridized carbons (Fsp3) is 0.692. The molecule has 1 aliphatic carbocycles. The molecule has 2 heterocycles. The van der Waals surface area contributed by atoms with Crippen LogP contribution in [0.1, 0.15) is 12.8 Å². The van der Waals surface area contributed by atoms with Crippen LogP contribution in [0.15, 0.2) is 12.4 Å². The minimum Gasteiger partial charge on any atom is -0.391 e. The highest BCUT2D eigenvalue weighted by Gasteiger charge is 2.29. The van der Waals surface area contributed by atoms with Crippen molar-refractivity contribution in [3.05, 3.63) is 12.4 Å². The van der Waals surface area contributed by atoms with Gasteiger partial charge in [0.05, 0.1) is 6.10 Å². The zero-order valence-electron chi connectivity index (χ0n) is 11.0. The Morgan fingerprint density at radius 3 is 2.89 bits per heavy atom. The van der Waals surface area contributed by atoms with Gasteiger partial charge in [-0.2, -0.15) is 11.8 Å². The quantitative estimate of drug-likeness (QED) is 0.845. The highest BCUT2D eigenvalue weighted by molar-refractivity contribution is 7.99. The van der Waals surface area contributed by atoms with Crippen LogP contribution in [-0.2, 0) is 0 Å². The molecule has 19 heavy (non-hydrogen) atoms. The average Bonchev–Trinajstić information content (AvgIpc) is 3.31. The molecule has 1 saturated carbocycles. The lowest BCUT2D eigenvalue weighted by Gasteiger charge is -2.27. The summed E-state index contributed by atoms with van der Waals surface area (Å²) in [5.41, 5.74) is 0. The van der Waals surface area contributed by atoms with Crippen molar-refractivity contribution in [3.8, 4) is 0 Å². The first-order valence-corrected chi connectivity index (χ1v) is 8.05. The number of aromatic nitrogens is 2. The molecule has 5 nitrogen and oxygen atoms in total. The van der Waals surface area contributed by atoms with E-state index in [0.29, 0.717) is 12.5 Å². The van der Waals surface area contributed by atoms with Crippen molar-refractivity contribution in [1.29, 1.82) is 0 Å². The molecule has 0 amide bonds. The van der Waals surface area contributed by atoms with Crippen molar-refractivity contribution in [1.82, 2.24) is 9.97 Å². The molecule has 1 atom stereocenters. The van der Waals surface area contributed by atoms with Gasteiger partial charge in [0, 0.05) is 37.2 Å². The fourth-order valence-electron chi connectivity index (χ4n) is 2.27. The number of rotatable bonds is 5. The molecule has 1 unspecified atom stereocenters. The van der Waals surface area contributed by atoms with E-state index in [-0.39, 0.29) is 6.10 Å². The highest BCUT2D eigenvalue weighted by atomic mass is 32.2. The first-order valence-electron chi connectivity index (χ1n) is 6.89. The third kappa shape index (κ3) is 3.51. The second-order valence-electron chi connectivity index (χ2n) is 5.15. The molecule has 0 bridgehead atoms. The molecule has 2 N–H and O–H groups in total. The summed E-state index contributed by atoms with van der Waals surface area (Å²) < 4.78 is 0. The first kappa shape index (κ1) is 13.0. The summed E-state index contributed by atoms with van der Waals surface area (Å²) in [6.07, 6.45) is 3.67. The van der Waals surface area contributed by atoms with Gasteiger partial charge in [-0.3, -0.25) is 0 Å². The van der Waals surface area contributed by atoms with Crippen molar-refractivity contribution < 1.29 is 5.11 Å². The van der Waals surface area contributed by atoms with Gasteiger partial charge in [0.1, 0.15) is 18.0 Å². The molecule has 6 heteroatoms. The van der Waals surface area contributed by atoms with Crippen LogP contribution in [0, 0.1) is 5.92 Å². The summed E-state index contributed by atoms with van der Waals surface area (Å²) in [4.78, 5) is 10.9. The van der Waals surface area contributed by atoms with E-state index in [0.717, 1.165) is 49.1 Å². The Hall–Kier alpha value is -1.01. The van der Waals surface area contributed by atoms with Gasteiger partial charge in [-0.15, -0.1) is 0 Å². The number of anilines is 2. The normalized spacial score (nSPS) is 21.2. The zero-order chi connectivity index (χ0) is 13.1. The molecule has 1 aromatic rings. The summed E-state index contributed by atoms with van der Waals surface area (Å²) in [5.74, 6) is 4.61. The molecule has 1 aliphatic heterocycles. The maximum absolute atomic E-state index is 9.85. The molecule has 0 spiro atoms. The topological polar surface area (TPSA) is 61.3 Å². The van der Waals surface area contributed by atoms with Gasteiger partial charge in [0.25, 0.3) is 0 Å². The third-order valence-corrected chi connectivity index (χ3v) is 4.59. The third-order valence-electron chi connectivity index (χ3n) is 3.65. The molecule has 3 rings (SSSR count). The van der Waals surface area contributed by atoms with Crippen molar-refractivity contribution in [3.63, 3.8) is 0 Å². The van der Waals surface area contributed by atoms with Crippen molar-refractivity contribution in [2.24, 2.45) is 5.92 Å². The van der Waals surface area contributed by atoms with Crippen LogP contribution in [0.5, 0.6) is 0 Å². The summed E-state index contributed by atoms with van der Waals surface area (Å²) in [6.45, 7) is 2.68. The second kappa shape index (κ2) is 5.96. The Labute approximate surface area is 117 Å². The number of hydrogen-bond donors (Lipinski definition) is 2. The predicted octanol–water partition coefficient (Wildman–Crippen LogP) is 1.21. The lowest BCUT2D eigenvalue weighted by molar-refractivity contribution is 0.164. The number of thioether (sulfide) groups is 1. The molecule has 1 aromatic heterocycles. The summed E-state index contributed by atoms with van der Waals surface area (Å²) in [5, 5.41) is 13.1.